The van der Waals surface area contributed by atoms with Crippen molar-refractivity contribution in [2.75, 3.05) is 36.9 Å². The predicted molar refractivity (Wildman–Crippen MR) is 168 cm³/mol. The zero-order chi connectivity index (χ0) is 31.9. The highest BCUT2D eigenvalue weighted by Crippen LogP contribution is 2.44. The fourth-order valence-electron chi connectivity index (χ4n) is 8.28. The molecule has 8 nitrogen and oxygen atoms in total. The van der Waals surface area contributed by atoms with Crippen LogP contribution in [-0.4, -0.2) is 70.3 Å². The van der Waals surface area contributed by atoms with E-state index in [0.717, 1.165) is 38.8 Å². The lowest BCUT2D eigenvalue weighted by atomic mass is 9.93. The van der Waals surface area contributed by atoms with Crippen LogP contribution in [0.3, 0.4) is 0 Å². The van der Waals surface area contributed by atoms with Crippen molar-refractivity contribution in [2.45, 2.75) is 63.2 Å². The van der Waals surface area contributed by atoms with Gasteiger partial charge in [0, 0.05) is 16.6 Å². The molecule has 4 aliphatic heterocycles. The quantitative estimate of drug-likeness (QED) is 0.137. The van der Waals surface area contributed by atoms with Crippen LogP contribution in [0.5, 0.6) is 6.01 Å². The lowest BCUT2D eigenvalue weighted by Gasteiger charge is -2.42. The van der Waals surface area contributed by atoms with Crippen molar-refractivity contribution < 1.29 is 22.3 Å². The number of rotatable bonds is 4. The second-order valence-corrected chi connectivity index (χ2v) is 13.1. The number of hydrogen-bond donors (Lipinski definition) is 2. The number of pyridine rings is 1. The summed E-state index contributed by atoms with van der Waals surface area (Å²) in [5.41, 5.74) is 6.75. The molecule has 0 aliphatic carbocycles. The molecule has 0 bridgehead atoms. The highest BCUT2D eigenvalue weighted by molar-refractivity contribution is 6.04. The highest BCUT2D eigenvalue weighted by Gasteiger charge is 2.46. The minimum Gasteiger partial charge on any atom is -0.461 e. The minimum atomic E-state index is -1.71. The van der Waals surface area contributed by atoms with E-state index < -0.39 is 30.3 Å². The Morgan fingerprint density at radius 2 is 1.89 bits per heavy atom. The van der Waals surface area contributed by atoms with E-state index in [1.165, 1.54) is 18.2 Å². The van der Waals surface area contributed by atoms with E-state index in [4.69, 9.17) is 26.9 Å². The Hall–Kier alpha value is -4.21. The molecule has 46 heavy (non-hydrogen) atoms. The summed E-state index contributed by atoms with van der Waals surface area (Å²) in [7, 11) is 0. The van der Waals surface area contributed by atoms with Gasteiger partial charge in [-0.25, -0.2) is 22.5 Å². The molecule has 6 heterocycles. The number of alkyl halides is 2. The normalized spacial score (nSPS) is 25.3. The van der Waals surface area contributed by atoms with Crippen LogP contribution in [0.2, 0.25) is 0 Å². The van der Waals surface area contributed by atoms with E-state index in [9.17, 15) is 8.78 Å². The molecule has 8 rings (SSSR count). The number of halogens is 4. The average molecular weight is 632 g/mol. The van der Waals surface area contributed by atoms with Gasteiger partial charge in [-0.15, -0.1) is 6.42 Å². The molecule has 0 radical (unpaired) electrons. The van der Waals surface area contributed by atoms with Gasteiger partial charge in [-0.1, -0.05) is 18.9 Å². The topological polar surface area (TPSA) is 92.4 Å². The molecule has 4 aromatic rings. The predicted octanol–water partition coefficient (Wildman–Crippen LogP) is 5.26. The van der Waals surface area contributed by atoms with Gasteiger partial charge in [0.15, 0.2) is 18.4 Å². The van der Waals surface area contributed by atoms with Crippen molar-refractivity contribution in [3.8, 4) is 29.6 Å². The van der Waals surface area contributed by atoms with E-state index >= 15 is 8.78 Å². The Labute approximate surface area is 263 Å². The first-order valence-corrected chi connectivity index (χ1v) is 15.7. The Morgan fingerprint density at radius 1 is 1.11 bits per heavy atom. The molecule has 3 saturated heterocycles. The van der Waals surface area contributed by atoms with E-state index in [-0.39, 0.29) is 69.4 Å². The lowest BCUT2D eigenvalue weighted by molar-refractivity contribution is 0.0886. The Kier molecular flexibility index (Phi) is 6.78. The second kappa shape index (κ2) is 10.7. The highest BCUT2D eigenvalue weighted by atomic mass is 19.2. The van der Waals surface area contributed by atoms with Crippen molar-refractivity contribution in [1.82, 2.24) is 25.2 Å². The summed E-state index contributed by atoms with van der Waals surface area (Å²) < 4.78 is 68.7. The van der Waals surface area contributed by atoms with Crippen LogP contribution in [0.1, 0.15) is 43.9 Å². The zero-order valence-corrected chi connectivity index (χ0v) is 25.3. The number of terminal acetylenes is 1. The van der Waals surface area contributed by atoms with Gasteiger partial charge in [0.05, 0.1) is 34.8 Å². The molecule has 3 unspecified atom stereocenters. The van der Waals surface area contributed by atoms with Crippen LogP contribution in [0.15, 0.2) is 24.3 Å². The smallest absolute Gasteiger partial charge is 0.319 e. The summed E-state index contributed by atoms with van der Waals surface area (Å²) in [5.74, 6) is 0.731. The lowest BCUT2D eigenvalue weighted by Crippen LogP contribution is -2.62. The Bertz CT molecular complexity index is 1940. The van der Waals surface area contributed by atoms with Gasteiger partial charge in [0.2, 0.25) is 0 Å². The molecule has 4 aliphatic rings. The van der Waals surface area contributed by atoms with Gasteiger partial charge in [-0.3, -0.25) is 10.2 Å². The fourth-order valence-corrected chi connectivity index (χ4v) is 8.28. The Morgan fingerprint density at radius 3 is 2.65 bits per heavy atom. The second-order valence-electron chi connectivity index (χ2n) is 13.1. The van der Waals surface area contributed by atoms with Crippen LogP contribution in [-0.2, 0) is 6.42 Å². The molecule has 12 heteroatoms. The molecule has 2 aromatic carbocycles. The molecule has 0 spiro atoms. The third-order valence-electron chi connectivity index (χ3n) is 10.3. The van der Waals surface area contributed by atoms with Crippen molar-refractivity contribution >= 4 is 33.2 Å². The van der Waals surface area contributed by atoms with Gasteiger partial charge in [-0.2, -0.15) is 9.97 Å². The van der Waals surface area contributed by atoms with Crippen LogP contribution < -0.4 is 20.7 Å². The first-order chi connectivity index (χ1) is 22.2. The number of anilines is 2. The molecule has 3 N–H and O–H groups in total. The number of piperazine rings is 1. The number of benzene rings is 2. The fraction of sp³-hybridized carbons (Fsp3) is 0.441. The number of aromatic nitrogens is 3. The van der Waals surface area contributed by atoms with Crippen molar-refractivity contribution in [2.24, 2.45) is 5.92 Å². The third kappa shape index (κ3) is 4.39. The number of hydrogen-bond acceptors (Lipinski definition) is 8. The monoisotopic (exact) mass is 631 g/mol. The van der Waals surface area contributed by atoms with Gasteiger partial charge in [-0.05, 0) is 74.7 Å². The first-order valence-electron chi connectivity index (χ1n) is 15.7. The average Bonchev–Trinajstić information content (AvgIpc) is 3.58. The first kappa shape index (κ1) is 29.2. The molecule has 4 atom stereocenters. The largest absolute Gasteiger partial charge is 0.461 e. The van der Waals surface area contributed by atoms with Crippen molar-refractivity contribution in [1.29, 1.82) is 0 Å². The molecule has 238 valence electrons. The van der Waals surface area contributed by atoms with E-state index in [1.54, 1.807) is 11.0 Å². The standard InChI is InChI=1S/C34H33F4N7O/c1-3-20-22(35)7-6-18-13-19(39)14-21(25(18)20)28-27(37)29-26-23(40-28)12-17(2)30-31(38)41-24(36)15-45(30)32(26)43-33(42-29)46-16-34-8-4-10-44(34)11-5-9-34/h1,6-7,13-14,17,24,30-31,41H,4-5,8-12,15-16,39H2,2H3/t17-,24?,30?,31?/m0/s1. The SMILES string of the molecule is C#Cc1c(F)ccc2cc(N)cc(-c3nc4c5c(nc(OCC67CCCN6CCC7)nc5c3F)N3CC(F)NC(F)C3[C@@H](C)C4)c12. The molecule has 3 fully saturated rings. The summed E-state index contributed by atoms with van der Waals surface area (Å²) in [6.45, 7) is 3.93. The van der Waals surface area contributed by atoms with Gasteiger partial charge < -0.3 is 15.4 Å². The van der Waals surface area contributed by atoms with Crippen LogP contribution >= 0.6 is 0 Å². The maximum atomic E-state index is 17.0. The van der Waals surface area contributed by atoms with E-state index in [2.05, 4.69) is 21.1 Å². The maximum Gasteiger partial charge on any atom is 0.319 e. The number of nitrogens with one attached hydrogen (secondary N) is 1. The minimum absolute atomic E-state index is 0.0465. The molecule has 0 saturated carbocycles. The number of nitrogens with zero attached hydrogens (tertiary/aromatic N) is 5. The summed E-state index contributed by atoms with van der Waals surface area (Å²) in [5, 5.41) is 3.44. The molecular formula is C34H33F4N7O. The van der Waals surface area contributed by atoms with E-state index in [0.29, 0.717) is 23.4 Å². The number of ether oxygens (including phenoxy) is 1. The number of nitrogen functional groups attached to an aromatic ring is 1. The van der Waals surface area contributed by atoms with Gasteiger partial charge in [0.1, 0.15) is 29.5 Å². The van der Waals surface area contributed by atoms with E-state index in [1.807, 2.05) is 6.92 Å². The summed E-state index contributed by atoms with van der Waals surface area (Å²) >= 11 is 0. The zero-order valence-electron chi connectivity index (χ0n) is 25.3. The number of nitrogens with two attached hydrogens (primary N) is 1. The number of fused-ring (bicyclic) bond motifs is 4. The summed E-state index contributed by atoms with van der Waals surface area (Å²) in [6, 6.07) is 5.03. The molecular weight excluding hydrogens is 598 g/mol. The van der Waals surface area contributed by atoms with Crippen molar-refractivity contribution in [3.63, 3.8) is 0 Å². The van der Waals surface area contributed by atoms with Gasteiger partial charge >= 0.3 is 6.01 Å². The molecule has 0 amide bonds. The maximum absolute atomic E-state index is 17.0. The summed E-state index contributed by atoms with van der Waals surface area (Å²) in [4.78, 5) is 18.1. The molecule has 2 aromatic heterocycles. The third-order valence-corrected chi connectivity index (χ3v) is 10.3. The van der Waals surface area contributed by atoms with Crippen molar-refractivity contribution in [3.05, 3.63) is 47.2 Å². The summed E-state index contributed by atoms with van der Waals surface area (Å²) in [6.07, 6.45) is 6.63. The van der Waals surface area contributed by atoms with Crippen LogP contribution in [0.25, 0.3) is 32.9 Å². The van der Waals surface area contributed by atoms with Gasteiger partial charge in [0.25, 0.3) is 0 Å². The Balaban J connectivity index is 1.37. The van der Waals surface area contributed by atoms with Crippen LogP contribution in [0, 0.1) is 29.9 Å². The van der Waals surface area contributed by atoms with Crippen LogP contribution in [0.4, 0.5) is 29.1 Å².